The molecule has 2 aromatic carbocycles. The summed E-state index contributed by atoms with van der Waals surface area (Å²) >= 11 is 0. The largest absolute Gasteiger partial charge is 0.464 e. The van der Waals surface area contributed by atoms with Gasteiger partial charge in [0.15, 0.2) is 0 Å². The number of hydrogen-bond acceptors (Lipinski definition) is 3. The summed E-state index contributed by atoms with van der Waals surface area (Å²) in [5.41, 5.74) is 7.02. The number of nitrogens with two attached hydrogens (primary N) is 1. The minimum Gasteiger partial charge on any atom is -0.464 e. The predicted octanol–water partition coefficient (Wildman–Crippen LogP) is 2.65. The Kier molecular flexibility index (Phi) is 4.53. The van der Waals surface area contributed by atoms with E-state index >= 15 is 0 Å². The standard InChI is InChI=1S/C17H19NO2/c1-2-20-16(19)17(18,15-11-7-4-8-12-15)13-14-9-5-3-6-10-14/h3-12H,2,13,18H2,1H3/t17-/m1/s1. The van der Waals surface area contributed by atoms with E-state index in [4.69, 9.17) is 10.5 Å². The van der Waals surface area contributed by atoms with Gasteiger partial charge in [0.1, 0.15) is 5.54 Å². The van der Waals surface area contributed by atoms with Crippen LogP contribution < -0.4 is 5.73 Å². The first-order chi connectivity index (χ1) is 9.66. The van der Waals surface area contributed by atoms with Crippen molar-refractivity contribution in [2.45, 2.75) is 18.9 Å². The van der Waals surface area contributed by atoms with Crippen LogP contribution in [0, 0.1) is 0 Å². The van der Waals surface area contributed by atoms with Crippen molar-refractivity contribution in [3.05, 3.63) is 71.8 Å². The molecule has 0 aliphatic rings. The summed E-state index contributed by atoms with van der Waals surface area (Å²) in [5, 5.41) is 0. The van der Waals surface area contributed by atoms with Crippen molar-refractivity contribution < 1.29 is 9.53 Å². The van der Waals surface area contributed by atoms with Crippen molar-refractivity contribution in [2.75, 3.05) is 6.61 Å². The van der Waals surface area contributed by atoms with Crippen molar-refractivity contribution >= 4 is 5.97 Å². The number of hydrogen-bond donors (Lipinski definition) is 1. The highest BCUT2D eigenvalue weighted by atomic mass is 16.5. The lowest BCUT2D eigenvalue weighted by Crippen LogP contribution is -2.48. The number of esters is 1. The van der Waals surface area contributed by atoms with Gasteiger partial charge < -0.3 is 10.5 Å². The third kappa shape index (κ3) is 3.06. The molecular formula is C17H19NO2. The number of rotatable bonds is 5. The van der Waals surface area contributed by atoms with E-state index < -0.39 is 11.5 Å². The zero-order valence-electron chi connectivity index (χ0n) is 11.6. The highest BCUT2D eigenvalue weighted by molar-refractivity contribution is 5.82. The van der Waals surface area contributed by atoms with E-state index in [0.29, 0.717) is 13.0 Å². The summed E-state index contributed by atoms with van der Waals surface area (Å²) in [6, 6.07) is 19.1. The summed E-state index contributed by atoms with van der Waals surface area (Å²) in [6.45, 7) is 2.10. The molecule has 0 aromatic heterocycles. The first-order valence-electron chi connectivity index (χ1n) is 6.72. The Morgan fingerprint density at radius 1 is 1.05 bits per heavy atom. The molecular weight excluding hydrogens is 250 g/mol. The normalized spacial score (nSPS) is 13.5. The van der Waals surface area contributed by atoms with Gasteiger partial charge in [-0.3, -0.25) is 0 Å². The molecule has 20 heavy (non-hydrogen) atoms. The Morgan fingerprint density at radius 3 is 2.15 bits per heavy atom. The van der Waals surface area contributed by atoms with E-state index in [-0.39, 0.29) is 0 Å². The zero-order valence-corrected chi connectivity index (χ0v) is 11.6. The van der Waals surface area contributed by atoms with E-state index in [0.717, 1.165) is 11.1 Å². The average molecular weight is 269 g/mol. The van der Waals surface area contributed by atoms with Crippen LogP contribution in [-0.2, 0) is 21.5 Å². The van der Waals surface area contributed by atoms with Gasteiger partial charge in [-0.05, 0) is 18.1 Å². The Balaban J connectivity index is 2.36. The number of carbonyl (C=O) groups is 1. The molecule has 104 valence electrons. The van der Waals surface area contributed by atoms with Crippen molar-refractivity contribution in [3.8, 4) is 0 Å². The molecule has 0 radical (unpaired) electrons. The molecule has 0 fully saturated rings. The SMILES string of the molecule is CCOC(=O)[C@@](N)(Cc1ccccc1)c1ccccc1. The van der Waals surface area contributed by atoms with Gasteiger partial charge in [-0.2, -0.15) is 0 Å². The highest BCUT2D eigenvalue weighted by Gasteiger charge is 2.37. The minimum atomic E-state index is -1.15. The Bertz CT molecular complexity index is 554. The molecule has 0 aliphatic heterocycles. The van der Waals surface area contributed by atoms with Crippen LogP contribution in [0.2, 0.25) is 0 Å². The highest BCUT2D eigenvalue weighted by Crippen LogP contribution is 2.25. The molecule has 0 spiro atoms. The van der Waals surface area contributed by atoms with Crippen LogP contribution >= 0.6 is 0 Å². The van der Waals surface area contributed by atoms with Crippen LogP contribution in [0.4, 0.5) is 0 Å². The summed E-state index contributed by atoms with van der Waals surface area (Å²) in [6.07, 6.45) is 0.413. The van der Waals surface area contributed by atoms with Crippen LogP contribution in [0.25, 0.3) is 0 Å². The molecule has 2 aromatic rings. The first kappa shape index (κ1) is 14.3. The lowest BCUT2D eigenvalue weighted by molar-refractivity contribution is -0.150. The molecule has 0 saturated heterocycles. The molecule has 0 unspecified atom stereocenters. The molecule has 2 N–H and O–H groups in total. The maximum absolute atomic E-state index is 12.3. The molecule has 0 bridgehead atoms. The minimum absolute atomic E-state index is 0.319. The quantitative estimate of drug-likeness (QED) is 0.849. The van der Waals surface area contributed by atoms with Crippen LogP contribution in [0.15, 0.2) is 60.7 Å². The fraction of sp³-hybridized carbons (Fsp3) is 0.235. The van der Waals surface area contributed by atoms with E-state index in [1.54, 1.807) is 6.92 Å². The van der Waals surface area contributed by atoms with Crippen LogP contribution in [-0.4, -0.2) is 12.6 Å². The van der Waals surface area contributed by atoms with Gasteiger partial charge in [-0.1, -0.05) is 60.7 Å². The average Bonchev–Trinajstić information content (AvgIpc) is 2.49. The van der Waals surface area contributed by atoms with Crippen molar-refractivity contribution in [1.29, 1.82) is 0 Å². The lowest BCUT2D eigenvalue weighted by atomic mass is 9.85. The Morgan fingerprint density at radius 2 is 1.60 bits per heavy atom. The predicted molar refractivity (Wildman–Crippen MR) is 79.1 cm³/mol. The monoisotopic (exact) mass is 269 g/mol. The number of carbonyl (C=O) groups excluding carboxylic acids is 1. The summed E-state index contributed by atoms with van der Waals surface area (Å²) in [4.78, 5) is 12.3. The van der Waals surface area contributed by atoms with Crippen LogP contribution in [0.5, 0.6) is 0 Å². The van der Waals surface area contributed by atoms with Gasteiger partial charge in [0.05, 0.1) is 6.61 Å². The van der Waals surface area contributed by atoms with Gasteiger partial charge in [0.2, 0.25) is 0 Å². The number of ether oxygens (including phenoxy) is 1. The lowest BCUT2D eigenvalue weighted by Gasteiger charge is -2.27. The molecule has 0 saturated carbocycles. The Hall–Kier alpha value is -2.13. The Labute approximate surface area is 119 Å². The molecule has 0 aliphatic carbocycles. The van der Waals surface area contributed by atoms with Gasteiger partial charge in [0, 0.05) is 6.42 Å². The maximum Gasteiger partial charge on any atom is 0.331 e. The second-order valence-electron chi connectivity index (χ2n) is 4.72. The number of benzene rings is 2. The van der Waals surface area contributed by atoms with Crippen molar-refractivity contribution in [2.24, 2.45) is 5.73 Å². The second kappa shape index (κ2) is 6.35. The summed E-state index contributed by atoms with van der Waals surface area (Å²) in [7, 11) is 0. The third-order valence-electron chi connectivity index (χ3n) is 3.25. The molecule has 2 rings (SSSR count). The molecule has 1 atom stereocenters. The summed E-state index contributed by atoms with van der Waals surface area (Å²) in [5.74, 6) is -0.393. The third-order valence-corrected chi connectivity index (χ3v) is 3.25. The van der Waals surface area contributed by atoms with Gasteiger partial charge in [-0.25, -0.2) is 4.79 Å². The van der Waals surface area contributed by atoms with E-state index in [2.05, 4.69) is 0 Å². The zero-order chi connectivity index (χ0) is 14.4. The van der Waals surface area contributed by atoms with Crippen molar-refractivity contribution in [3.63, 3.8) is 0 Å². The smallest absolute Gasteiger partial charge is 0.331 e. The second-order valence-corrected chi connectivity index (χ2v) is 4.72. The molecule has 3 nitrogen and oxygen atoms in total. The molecule has 0 amide bonds. The fourth-order valence-corrected chi connectivity index (χ4v) is 2.21. The summed E-state index contributed by atoms with van der Waals surface area (Å²) < 4.78 is 5.17. The van der Waals surface area contributed by atoms with Crippen LogP contribution in [0.1, 0.15) is 18.1 Å². The maximum atomic E-state index is 12.3. The van der Waals surface area contributed by atoms with Gasteiger partial charge in [-0.15, -0.1) is 0 Å². The van der Waals surface area contributed by atoms with E-state index in [1.807, 2.05) is 60.7 Å². The van der Waals surface area contributed by atoms with Crippen LogP contribution in [0.3, 0.4) is 0 Å². The van der Waals surface area contributed by atoms with Crippen molar-refractivity contribution in [1.82, 2.24) is 0 Å². The fourth-order valence-electron chi connectivity index (χ4n) is 2.21. The van der Waals surface area contributed by atoms with E-state index in [9.17, 15) is 4.79 Å². The van der Waals surface area contributed by atoms with E-state index in [1.165, 1.54) is 0 Å². The van der Waals surface area contributed by atoms with Gasteiger partial charge in [0.25, 0.3) is 0 Å². The molecule has 0 heterocycles. The first-order valence-corrected chi connectivity index (χ1v) is 6.72. The van der Waals surface area contributed by atoms with Gasteiger partial charge >= 0.3 is 5.97 Å². The molecule has 3 heteroatoms. The topological polar surface area (TPSA) is 52.3 Å².